The number of thioether (sulfide) groups is 1. The highest BCUT2D eigenvalue weighted by Gasteiger charge is 2.24. The lowest BCUT2D eigenvalue weighted by atomic mass is 10.1. The smallest absolute Gasteiger partial charge is 0.237 e. The van der Waals surface area contributed by atoms with Crippen molar-refractivity contribution in [1.82, 2.24) is 20.2 Å². The van der Waals surface area contributed by atoms with Gasteiger partial charge < -0.3 is 5.32 Å². The zero-order valence-corrected chi connectivity index (χ0v) is 15.4. The molecule has 4 rings (SSSR count). The summed E-state index contributed by atoms with van der Waals surface area (Å²) >= 11 is 1.41. The summed E-state index contributed by atoms with van der Waals surface area (Å²) in [6.45, 7) is 1.89. The highest BCUT2D eigenvalue weighted by Crippen LogP contribution is 2.33. The van der Waals surface area contributed by atoms with Gasteiger partial charge in [0.15, 0.2) is 0 Å². The number of nitrogens with zero attached hydrogens (tertiary/aromatic N) is 4. The molecule has 134 valence electrons. The SMILES string of the molecule is C[C@@H](Sc1nnnn1C1CCCC1)C(=O)Nc1cccc2ccccc12. The van der Waals surface area contributed by atoms with E-state index in [1.54, 1.807) is 0 Å². The van der Waals surface area contributed by atoms with E-state index < -0.39 is 0 Å². The predicted octanol–water partition coefficient (Wildman–Crippen LogP) is 4.06. The van der Waals surface area contributed by atoms with Gasteiger partial charge in [-0.3, -0.25) is 4.79 Å². The standard InChI is InChI=1S/C19H21N5OS/c1-13(26-19-21-22-23-24(19)15-9-3-4-10-15)18(25)20-17-12-6-8-14-7-2-5-11-16(14)17/h2,5-8,11-13,15H,3-4,9-10H2,1H3,(H,20,25)/t13-/m1/s1. The molecule has 0 saturated heterocycles. The molecule has 1 saturated carbocycles. The van der Waals surface area contributed by atoms with E-state index in [2.05, 4.69) is 20.8 Å². The van der Waals surface area contributed by atoms with Crippen molar-refractivity contribution in [2.24, 2.45) is 0 Å². The molecule has 0 spiro atoms. The van der Waals surface area contributed by atoms with Gasteiger partial charge in [0.1, 0.15) is 0 Å². The van der Waals surface area contributed by atoms with Crippen LogP contribution < -0.4 is 5.32 Å². The van der Waals surface area contributed by atoms with E-state index in [-0.39, 0.29) is 11.2 Å². The Kier molecular flexibility index (Phi) is 4.88. The quantitative estimate of drug-likeness (QED) is 0.689. The van der Waals surface area contributed by atoms with Gasteiger partial charge in [0, 0.05) is 11.1 Å². The van der Waals surface area contributed by atoms with E-state index in [0.29, 0.717) is 6.04 Å². The van der Waals surface area contributed by atoms with E-state index in [1.165, 1.54) is 24.6 Å². The summed E-state index contributed by atoms with van der Waals surface area (Å²) in [7, 11) is 0. The molecule has 0 aliphatic heterocycles. The molecule has 1 heterocycles. The molecule has 2 aromatic carbocycles. The number of fused-ring (bicyclic) bond motifs is 1. The largest absolute Gasteiger partial charge is 0.325 e. The molecule has 3 aromatic rings. The first-order valence-electron chi connectivity index (χ1n) is 8.95. The molecule has 1 amide bonds. The number of anilines is 1. The number of nitrogens with one attached hydrogen (secondary N) is 1. The highest BCUT2D eigenvalue weighted by atomic mass is 32.2. The van der Waals surface area contributed by atoms with Gasteiger partial charge in [0.25, 0.3) is 0 Å². The molecule has 0 radical (unpaired) electrons. The fraction of sp³-hybridized carbons (Fsp3) is 0.368. The van der Waals surface area contributed by atoms with Crippen molar-refractivity contribution in [3.63, 3.8) is 0 Å². The van der Waals surface area contributed by atoms with Crippen LogP contribution in [0, 0.1) is 0 Å². The van der Waals surface area contributed by atoms with Gasteiger partial charge in [-0.25, -0.2) is 4.68 Å². The molecule has 1 aromatic heterocycles. The summed E-state index contributed by atoms with van der Waals surface area (Å²) in [6, 6.07) is 14.3. The Morgan fingerprint density at radius 1 is 1.19 bits per heavy atom. The van der Waals surface area contributed by atoms with E-state index in [0.717, 1.165) is 34.5 Å². The van der Waals surface area contributed by atoms with Crippen molar-refractivity contribution in [1.29, 1.82) is 0 Å². The monoisotopic (exact) mass is 367 g/mol. The molecule has 1 fully saturated rings. The lowest BCUT2D eigenvalue weighted by Crippen LogP contribution is -2.23. The fourth-order valence-corrected chi connectivity index (χ4v) is 4.28. The molecule has 1 atom stereocenters. The summed E-state index contributed by atoms with van der Waals surface area (Å²) in [5.41, 5.74) is 0.830. The van der Waals surface area contributed by atoms with Crippen molar-refractivity contribution in [3.8, 4) is 0 Å². The number of rotatable bonds is 5. The normalized spacial score (nSPS) is 16.0. The second-order valence-electron chi connectivity index (χ2n) is 6.62. The Morgan fingerprint density at radius 3 is 2.81 bits per heavy atom. The molecule has 0 unspecified atom stereocenters. The fourth-order valence-electron chi connectivity index (χ4n) is 3.42. The first-order valence-corrected chi connectivity index (χ1v) is 9.83. The molecule has 1 aliphatic carbocycles. The Hall–Kier alpha value is -2.41. The van der Waals surface area contributed by atoms with Crippen molar-refractivity contribution < 1.29 is 4.79 Å². The number of aromatic nitrogens is 4. The Labute approximate surface area is 156 Å². The number of carbonyl (C=O) groups is 1. The Bertz CT molecular complexity index is 914. The molecule has 26 heavy (non-hydrogen) atoms. The van der Waals surface area contributed by atoms with E-state index in [1.807, 2.05) is 54.1 Å². The van der Waals surface area contributed by atoms with Crippen LogP contribution in [0.15, 0.2) is 47.6 Å². The Morgan fingerprint density at radius 2 is 1.96 bits per heavy atom. The summed E-state index contributed by atoms with van der Waals surface area (Å²) in [6.07, 6.45) is 4.64. The van der Waals surface area contributed by atoms with Crippen LogP contribution in [0.4, 0.5) is 5.69 Å². The lowest BCUT2D eigenvalue weighted by molar-refractivity contribution is -0.115. The number of carbonyl (C=O) groups excluding carboxylic acids is 1. The van der Waals surface area contributed by atoms with E-state index >= 15 is 0 Å². The van der Waals surface area contributed by atoms with Crippen molar-refractivity contribution in [2.45, 2.75) is 49.1 Å². The van der Waals surface area contributed by atoms with Crippen LogP contribution in [0.25, 0.3) is 10.8 Å². The molecule has 0 bridgehead atoms. The topological polar surface area (TPSA) is 72.7 Å². The summed E-state index contributed by atoms with van der Waals surface area (Å²) in [4.78, 5) is 12.7. The first kappa shape index (κ1) is 17.0. The van der Waals surface area contributed by atoms with Gasteiger partial charge >= 0.3 is 0 Å². The number of hydrogen-bond donors (Lipinski definition) is 1. The van der Waals surface area contributed by atoms with Crippen LogP contribution in [-0.4, -0.2) is 31.4 Å². The second-order valence-corrected chi connectivity index (χ2v) is 7.93. The van der Waals surface area contributed by atoms with Crippen LogP contribution in [-0.2, 0) is 4.79 Å². The maximum Gasteiger partial charge on any atom is 0.237 e. The molecular formula is C19H21N5OS. The Balaban J connectivity index is 1.48. The minimum absolute atomic E-state index is 0.0488. The summed E-state index contributed by atoms with van der Waals surface area (Å²) < 4.78 is 1.89. The third-order valence-electron chi connectivity index (χ3n) is 4.83. The van der Waals surface area contributed by atoms with Crippen LogP contribution in [0.3, 0.4) is 0 Å². The average molecular weight is 367 g/mol. The second kappa shape index (κ2) is 7.45. The maximum atomic E-state index is 12.7. The van der Waals surface area contributed by atoms with E-state index in [4.69, 9.17) is 0 Å². The molecular weight excluding hydrogens is 346 g/mol. The van der Waals surface area contributed by atoms with Crippen LogP contribution in [0.1, 0.15) is 38.6 Å². The van der Waals surface area contributed by atoms with E-state index in [9.17, 15) is 4.79 Å². The minimum Gasteiger partial charge on any atom is -0.325 e. The van der Waals surface area contributed by atoms with Gasteiger partial charge in [-0.1, -0.05) is 61.0 Å². The zero-order valence-electron chi connectivity index (χ0n) is 14.6. The molecule has 1 N–H and O–H groups in total. The minimum atomic E-state index is -0.292. The predicted molar refractivity (Wildman–Crippen MR) is 103 cm³/mol. The van der Waals surface area contributed by atoms with Crippen LogP contribution in [0.2, 0.25) is 0 Å². The van der Waals surface area contributed by atoms with Gasteiger partial charge in [0.05, 0.1) is 11.3 Å². The van der Waals surface area contributed by atoms with Crippen molar-refractivity contribution in [3.05, 3.63) is 42.5 Å². The number of benzene rings is 2. The van der Waals surface area contributed by atoms with Crippen molar-refractivity contribution >= 4 is 34.1 Å². The number of tetrazole rings is 1. The summed E-state index contributed by atoms with van der Waals surface area (Å²) in [5, 5.41) is 17.7. The van der Waals surface area contributed by atoms with Crippen LogP contribution in [0.5, 0.6) is 0 Å². The average Bonchev–Trinajstić information content (AvgIpc) is 3.33. The number of hydrogen-bond acceptors (Lipinski definition) is 5. The van der Waals surface area contributed by atoms with Gasteiger partial charge in [-0.05, 0) is 41.6 Å². The molecule has 6 nitrogen and oxygen atoms in total. The number of amides is 1. The van der Waals surface area contributed by atoms with Crippen molar-refractivity contribution in [2.75, 3.05) is 5.32 Å². The van der Waals surface area contributed by atoms with Crippen LogP contribution >= 0.6 is 11.8 Å². The van der Waals surface area contributed by atoms with Gasteiger partial charge in [-0.2, -0.15) is 0 Å². The van der Waals surface area contributed by atoms with Gasteiger partial charge in [0.2, 0.25) is 11.1 Å². The third-order valence-corrected chi connectivity index (χ3v) is 5.88. The zero-order chi connectivity index (χ0) is 17.9. The lowest BCUT2D eigenvalue weighted by Gasteiger charge is -2.15. The molecule has 1 aliphatic rings. The molecule has 7 heteroatoms. The highest BCUT2D eigenvalue weighted by molar-refractivity contribution is 8.00. The maximum absolute atomic E-state index is 12.7. The third kappa shape index (κ3) is 3.44. The first-order chi connectivity index (χ1) is 12.7. The summed E-state index contributed by atoms with van der Waals surface area (Å²) in [5.74, 6) is -0.0488. The van der Waals surface area contributed by atoms with Gasteiger partial charge in [-0.15, -0.1) is 5.10 Å².